The molecule has 0 saturated carbocycles. The Morgan fingerprint density at radius 2 is 1.93 bits per heavy atom. The van der Waals surface area contributed by atoms with Crippen LogP contribution in [-0.2, 0) is 16.6 Å². The van der Waals surface area contributed by atoms with E-state index in [9.17, 15) is 14.7 Å². The fourth-order valence-corrected chi connectivity index (χ4v) is 7.02. The molecule has 1 amide bonds. The van der Waals surface area contributed by atoms with Gasteiger partial charge in [0.2, 0.25) is 11.4 Å². The number of aryl methyl sites for hydroxylation is 2. The number of nitrogens with one attached hydrogen (secondary N) is 1. The van der Waals surface area contributed by atoms with Gasteiger partial charge in [-0.25, -0.2) is 4.79 Å². The van der Waals surface area contributed by atoms with Crippen LogP contribution in [0.3, 0.4) is 0 Å². The summed E-state index contributed by atoms with van der Waals surface area (Å²) in [6, 6.07) is 20.8. The molecule has 0 aliphatic carbocycles. The third kappa shape index (κ3) is 5.96. The van der Waals surface area contributed by atoms with Crippen LogP contribution in [0, 0.1) is 6.92 Å². The van der Waals surface area contributed by atoms with Gasteiger partial charge in [0, 0.05) is 34.6 Å². The molecule has 10 heteroatoms. The maximum atomic E-state index is 13.0. The van der Waals surface area contributed by atoms with E-state index in [0.29, 0.717) is 5.02 Å². The van der Waals surface area contributed by atoms with Crippen LogP contribution in [0.15, 0.2) is 76.7 Å². The quantitative estimate of drug-likeness (QED) is 0.230. The van der Waals surface area contributed by atoms with E-state index in [-0.39, 0.29) is 25.5 Å². The average Bonchev–Trinajstić information content (AvgIpc) is 3.43. The number of amides is 1. The number of aliphatic carboxylic acids is 1. The SMILES string of the molecule is Cc1ccc2sc(C=C3Sc4ccc(Cl)cc4N3CNC(=O)CCN(c3ccccc3)C(C)C(=O)O)[n+](C)c2c1. The fraction of sp³-hybridized carbons (Fsp3) is 0.233. The Labute approximate surface area is 246 Å². The highest BCUT2D eigenvalue weighted by atomic mass is 35.5. The fourth-order valence-electron chi connectivity index (χ4n) is 4.63. The molecule has 2 N–H and O–H groups in total. The molecule has 1 atom stereocenters. The van der Waals surface area contributed by atoms with Gasteiger partial charge in [-0.1, -0.05) is 59.0 Å². The highest BCUT2D eigenvalue weighted by Gasteiger charge is 2.28. The van der Waals surface area contributed by atoms with Crippen LogP contribution in [-0.4, -0.2) is 36.2 Å². The predicted molar refractivity (Wildman–Crippen MR) is 164 cm³/mol. The number of fused-ring (bicyclic) bond motifs is 2. The van der Waals surface area contributed by atoms with Crippen molar-refractivity contribution >= 4 is 74.2 Å². The summed E-state index contributed by atoms with van der Waals surface area (Å²) in [5, 5.41) is 15.3. The zero-order valence-corrected chi connectivity index (χ0v) is 24.8. The molecule has 0 bridgehead atoms. The van der Waals surface area contributed by atoms with E-state index < -0.39 is 12.0 Å². The number of hydrogen-bond donors (Lipinski definition) is 2. The van der Waals surface area contributed by atoms with Crippen molar-refractivity contribution in [1.82, 2.24) is 5.32 Å². The number of hydrogen-bond acceptors (Lipinski definition) is 6. The van der Waals surface area contributed by atoms with Gasteiger partial charge in [0.05, 0.1) is 23.5 Å². The minimum absolute atomic E-state index is 0.152. The van der Waals surface area contributed by atoms with Gasteiger partial charge in [-0.3, -0.25) is 4.79 Å². The summed E-state index contributed by atoms with van der Waals surface area (Å²) in [7, 11) is 2.07. The number of benzene rings is 3. The van der Waals surface area contributed by atoms with E-state index in [2.05, 4.69) is 53.0 Å². The second-order valence-corrected chi connectivity index (χ2v) is 12.2. The Bertz CT molecular complexity index is 1610. The molecule has 206 valence electrons. The van der Waals surface area contributed by atoms with E-state index in [1.165, 1.54) is 15.8 Å². The van der Waals surface area contributed by atoms with E-state index in [1.54, 1.807) is 34.9 Å². The number of carboxylic acid groups (broad SMARTS) is 1. The van der Waals surface area contributed by atoms with E-state index in [0.717, 1.165) is 26.3 Å². The summed E-state index contributed by atoms with van der Waals surface area (Å²) in [5.74, 6) is -1.10. The lowest BCUT2D eigenvalue weighted by Crippen LogP contribution is -2.42. The van der Waals surface area contributed by atoms with Gasteiger partial charge in [-0.05, 0) is 55.8 Å². The van der Waals surface area contributed by atoms with Crippen molar-refractivity contribution in [2.45, 2.75) is 31.2 Å². The van der Waals surface area contributed by atoms with Crippen molar-refractivity contribution in [3.8, 4) is 0 Å². The molecule has 40 heavy (non-hydrogen) atoms. The van der Waals surface area contributed by atoms with Gasteiger partial charge in [-0.15, -0.1) is 0 Å². The topological polar surface area (TPSA) is 76.8 Å². The molecular weight excluding hydrogens is 564 g/mol. The molecule has 5 rings (SSSR count). The second-order valence-electron chi connectivity index (χ2n) is 9.65. The Kier molecular flexibility index (Phi) is 8.35. The van der Waals surface area contributed by atoms with E-state index >= 15 is 0 Å². The van der Waals surface area contributed by atoms with Gasteiger partial charge < -0.3 is 20.2 Å². The summed E-state index contributed by atoms with van der Waals surface area (Å²) in [5.41, 5.74) is 4.10. The van der Waals surface area contributed by atoms with Crippen LogP contribution in [0.2, 0.25) is 5.02 Å². The number of thiazole rings is 1. The molecule has 1 aromatic heterocycles. The first-order chi connectivity index (χ1) is 19.2. The number of para-hydroxylation sites is 1. The number of carboxylic acids is 1. The van der Waals surface area contributed by atoms with Gasteiger partial charge in [-0.2, -0.15) is 4.57 Å². The molecule has 1 aliphatic heterocycles. The number of rotatable bonds is 9. The van der Waals surface area contributed by atoms with Crippen LogP contribution in [0.25, 0.3) is 16.3 Å². The molecule has 2 heterocycles. The lowest BCUT2D eigenvalue weighted by molar-refractivity contribution is -0.642. The first-order valence-corrected chi connectivity index (χ1v) is 14.9. The van der Waals surface area contributed by atoms with Gasteiger partial charge in [0.1, 0.15) is 17.8 Å². The number of carbonyl (C=O) groups is 2. The first kappa shape index (κ1) is 28.0. The van der Waals surface area contributed by atoms with Gasteiger partial charge in [0.25, 0.3) is 5.01 Å². The van der Waals surface area contributed by atoms with Crippen LogP contribution < -0.4 is 19.7 Å². The maximum absolute atomic E-state index is 13.0. The van der Waals surface area contributed by atoms with Crippen molar-refractivity contribution in [3.05, 3.63) is 87.4 Å². The Morgan fingerprint density at radius 1 is 1.15 bits per heavy atom. The lowest BCUT2D eigenvalue weighted by Gasteiger charge is -2.28. The lowest BCUT2D eigenvalue weighted by atomic mass is 10.2. The number of thioether (sulfide) groups is 1. The number of aromatic nitrogens is 1. The molecule has 1 aliphatic rings. The van der Waals surface area contributed by atoms with Crippen molar-refractivity contribution < 1.29 is 19.3 Å². The number of carbonyl (C=O) groups excluding carboxylic acids is 1. The minimum atomic E-state index is -0.939. The van der Waals surface area contributed by atoms with Crippen LogP contribution in [0.4, 0.5) is 11.4 Å². The van der Waals surface area contributed by atoms with Crippen LogP contribution in [0.1, 0.15) is 23.9 Å². The highest BCUT2D eigenvalue weighted by molar-refractivity contribution is 8.03. The molecule has 0 radical (unpaired) electrons. The smallest absolute Gasteiger partial charge is 0.326 e. The molecule has 0 spiro atoms. The molecule has 0 saturated heterocycles. The summed E-state index contributed by atoms with van der Waals surface area (Å²) in [4.78, 5) is 29.6. The van der Waals surface area contributed by atoms with Crippen LogP contribution in [0.5, 0.6) is 0 Å². The third-order valence-corrected chi connectivity index (χ3v) is 9.40. The predicted octanol–water partition coefficient (Wildman–Crippen LogP) is 6.04. The molecule has 3 aromatic carbocycles. The third-order valence-electron chi connectivity index (χ3n) is 6.89. The monoisotopic (exact) mass is 593 g/mol. The molecular formula is C30H30ClN4O3S2+. The first-order valence-electron chi connectivity index (χ1n) is 12.9. The van der Waals surface area contributed by atoms with E-state index in [4.69, 9.17) is 11.6 Å². The van der Waals surface area contributed by atoms with Crippen molar-refractivity contribution in [2.75, 3.05) is 23.0 Å². The van der Waals surface area contributed by atoms with Crippen LogP contribution >= 0.6 is 34.7 Å². The Balaban J connectivity index is 1.34. The second kappa shape index (κ2) is 11.9. The standard InChI is InChI=1S/C30H29ClN4O3S2/c1-19-9-11-25-23(15-19)33(3)28(39-25)17-29-35(24-16-21(31)10-12-26(24)40-29)18-32-27(36)13-14-34(20(2)30(37)38)22-7-5-4-6-8-22/h4-12,15-17,20H,13-14,18H2,1-3H3,(H-,32,36,37,38)/p+1. The maximum Gasteiger partial charge on any atom is 0.326 e. The summed E-state index contributed by atoms with van der Waals surface area (Å²) in [6.45, 7) is 4.26. The largest absolute Gasteiger partial charge is 0.480 e. The Hall–Kier alpha value is -3.53. The number of anilines is 2. The van der Waals surface area contributed by atoms with Gasteiger partial charge >= 0.3 is 5.97 Å². The molecule has 4 aromatic rings. The highest BCUT2D eigenvalue weighted by Crippen LogP contribution is 2.47. The summed E-state index contributed by atoms with van der Waals surface area (Å²) in [6.07, 6.45) is 2.30. The van der Waals surface area contributed by atoms with Crippen molar-refractivity contribution in [3.63, 3.8) is 0 Å². The van der Waals surface area contributed by atoms with Crippen molar-refractivity contribution in [2.24, 2.45) is 7.05 Å². The average molecular weight is 594 g/mol. The zero-order valence-electron chi connectivity index (χ0n) is 22.4. The summed E-state index contributed by atoms with van der Waals surface area (Å²) < 4.78 is 3.40. The Morgan fingerprint density at radius 3 is 2.67 bits per heavy atom. The summed E-state index contributed by atoms with van der Waals surface area (Å²) >= 11 is 9.71. The van der Waals surface area contributed by atoms with E-state index in [1.807, 2.05) is 48.5 Å². The van der Waals surface area contributed by atoms with Crippen molar-refractivity contribution in [1.29, 1.82) is 0 Å². The minimum Gasteiger partial charge on any atom is -0.480 e. The van der Waals surface area contributed by atoms with Gasteiger partial charge in [0.15, 0.2) is 0 Å². The molecule has 0 fully saturated rings. The number of nitrogens with zero attached hydrogens (tertiary/aromatic N) is 3. The normalized spacial score (nSPS) is 14.4. The molecule has 7 nitrogen and oxygen atoms in total. The molecule has 1 unspecified atom stereocenters. The number of halogens is 1. The zero-order chi connectivity index (χ0) is 28.4.